The average molecular weight is 289 g/mol. The Hall–Kier alpha value is -1.97. The summed E-state index contributed by atoms with van der Waals surface area (Å²) in [6.45, 7) is 6.83. The number of hydrogen-bond acceptors (Lipinski definition) is 3. The highest BCUT2D eigenvalue weighted by atomic mass is 16.5. The minimum absolute atomic E-state index is 0.151. The molecule has 0 atom stereocenters. The Morgan fingerprint density at radius 1 is 1.29 bits per heavy atom. The maximum Gasteiger partial charge on any atom is 0.325 e. The minimum Gasteiger partial charge on any atom is -0.491 e. The normalized spacial score (nSPS) is 11.0. The Balaban J connectivity index is 2.06. The molecule has 114 valence electrons. The fraction of sp³-hybridized carbons (Fsp3) is 0.471. The lowest BCUT2D eigenvalue weighted by Crippen LogP contribution is -2.13. The van der Waals surface area contributed by atoms with E-state index in [4.69, 9.17) is 9.47 Å². The predicted octanol–water partition coefficient (Wildman–Crippen LogP) is 3.77. The van der Waals surface area contributed by atoms with Gasteiger partial charge in [0.25, 0.3) is 0 Å². The van der Waals surface area contributed by atoms with E-state index in [-0.39, 0.29) is 18.6 Å². The van der Waals surface area contributed by atoms with Crippen LogP contribution in [0.5, 0.6) is 5.75 Å². The van der Waals surface area contributed by atoms with E-state index in [9.17, 15) is 4.79 Å². The van der Waals surface area contributed by atoms with Crippen LogP contribution in [-0.2, 0) is 16.1 Å². The van der Waals surface area contributed by atoms with Gasteiger partial charge in [0.15, 0.2) is 0 Å². The maximum absolute atomic E-state index is 11.8. The van der Waals surface area contributed by atoms with Crippen LogP contribution in [0.25, 0.3) is 10.9 Å². The van der Waals surface area contributed by atoms with Gasteiger partial charge in [0.05, 0.1) is 12.7 Å². The second-order valence-corrected chi connectivity index (χ2v) is 5.40. The van der Waals surface area contributed by atoms with Gasteiger partial charge in [-0.1, -0.05) is 13.3 Å². The number of ether oxygens (including phenoxy) is 2. The number of esters is 1. The first-order chi connectivity index (χ1) is 10.1. The highest BCUT2D eigenvalue weighted by molar-refractivity contribution is 5.83. The molecule has 0 spiro atoms. The fourth-order valence-electron chi connectivity index (χ4n) is 2.18. The number of nitrogens with zero attached hydrogens (tertiary/aromatic N) is 1. The van der Waals surface area contributed by atoms with Crippen molar-refractivity contribution in [1.82, 2.24) is 4.57 Å². The van der Waals surface area contributed by atoms with Crippen molar-refractivity contribution in [2.75, 3.05) is 6.61 Å². The van der Waals surface area contributed by atoms with Crippen LogP contribution in [0.4, 0.5) is 0 Å². The molecule has 0 radical (unpaired) electrons. The van der Waals surface area contributed by atoms with Gasteiger partial charge in [0.2, 0.25) is 0 Å². The summed E-state index contributed by atoms with van der Waals surface area (Å²) in [6.07, 6.45) is 4.00. The summed E-state index contributed by atoms with van der Waals surface area (Å²) >= 11 is 0. The van der Waals surface area contributed by atoms with Crippen LogP contribution in [0.2, 0.25) is 0 Å². The van der Waals surface area contributed by atoms with E-state index in [1.165, 1.54) is 0 Å². The number of fused-ring (bicyclic) bond motifs is 1. The lowest BCUT2D eigenvalue weighted by Gasteiger charge is -2.10. The first-order valence-electron chi connectivity index (χ1n) is 7.51. The summed E-state index contributed by atoms with van der Waals surface area (Å²) in [6, 6.07) is 7.89. The molecular formula is C17H23NO3. The Morgan fingerprint density at radius 3 is 2.81 bits per heavy atom. The summed E-state index contributed by atoms with van der Waals surface area (Å²) < 4.78 is 12.8. The number of unbranched alkanes of at least 4 members (excludes halogenated alkanes) is 1. The van der Waals surface area contributed by atoms with Crippen molar-refractivity contribution in [1.29, 1.82) is 0 Å². The van der Waals surface area contributed by atoms with Gasteiger partial charge in [0, 0.05) is 17.1 Å². The summed E-state index contributed by atoms with van der Waals surface area (Å²) in [7, 11) is 0. The first kappa shape index (κ1) is 15.4. The van der Waals surface area contributed by atoms with Crippen molar-refractivity contribution < 1.29 is 14.3 Å². The second kappa shape index (κ2) is 7.16. The number of carbonyl (C=O) groups is 1. The Kier molecular flexibility index (Phi) is 5.26. The summed E-state index contributed by atoms with van der Waals surface area (Å²) in [5.41, 5.74) is 1.01. The SMILES string of the molecule is CCCCOC(=O)Cn1ccc2cc(OC(C)C)ccc21. The third kappa shape index (κ3) is 4.25. The molecule has 4 heteroatoms. The first-order valence-corrected chi connectivity index (χ1v) is 7.51. The zero-order valence-corrected chi connectivity index (χ0v) is 13.0. The minimum atomic E-state index is -0.191. The smallest absolute Gasteiger partial charge is 0.325 e. The second-order valence-electron chi connectivity index (χ2n) is 5.40. The average Bonchev–Trinajstić information content (AvgIpc) is 2.81. The van der Waals surface area contributed by atoms with Crippen LogP contribution < -0.4 is 4.74 Å². The van der Waals surface area contributed by atoms with Crippen molar-refractivity contribution in [2.45, 2.75) is 46.3 Å². The van der Waals surface area contributed by atoms with Gasteiger partial charge in [-0.25, -0.2) is 0 Å². The van der Waals surface area contributed by atoms with Crippen molar-refractivity contribution in [3.8, 4) is 5.75 Å². The molecule has 2 aromatic rings. The maximum atomic E-state index is 11.8. The van der Waals surface area contributed by atoms with Gasteiger partial charge in [-0.2, -0.15) is 0 Å². The van der Waals surface area contributed by atoms with Crippen LogP contribution in [0, 0.1) is 0 Å². The molecule has 0 aliphatic rings. The largest absolute Gasteiger partial charge is 0.491 e. The van der Waals surface area contributed by atoms with Crippen LogP contribution in [0.15, 0.2) is 30.5 Å². The molecule has 0 saturated heterocycles. The Labute approximate surface area is 125 Å². The van der Waals surface area contributed by atoms with E-state index in [0.29, 0.717) is 6.61 Å². The van der Waals surface area contributed by atoms with Gasteiger partial charge >= 0.3 is 5.97 Å². The molecular weight excluding hydrogens is 266 g/mol. The summed E-state index contributed by atoms with van der Waals surface area (Å²) in [5, 5.41) is 1.06. The Morgan fingerprint density at radius 2 is 2.10 bits per heavy atom. The molecule has 4 nitrogen and oxygen atoms in total. The fourth-order valence-corrected chi connectivity index (χ4v) is 2.18. The van der Waals surface area contributed by atoms with E-state index >= 15 is 0 Å². The Bertz CT molecular complexity index is 601. The molecule has 1 heterocycles. The monoisotopic (exact) mass is 289 g/mol. The van der Waals surface area contributed by atoms with Crippen molar-refractivity contribution in [3.63, 3.8) is 0 Å². The summed E-state index contributed by atoms with van der Waals surface area (Å²) in [4.78, 5) is 11.8. The van der Waals surface area contributed by atoms with Crippen molar-refractivity contribution in [2.24, 2.45) is 0 Å². The van der Waals surface area contributed by atoms with E-state index in [1.807, 2.05) is 48.9 Å². The van der Waals surface area contributed by atoms with Crippen molar-refractivity contribution in [3.05, 3.63) is 30.5 Å². The molecule has 0 unspecified atom stereocenters. The standard InChI is InChI=1S/C17H23NO3/c1-4-5-10-20-17(19)12-18-9-8-14-11-15(21-13(2)3)6-7-16(14)18/h6-9,11,13H,4-5,10,12H2,1-3H3. The van der Waals surface area contributed by atoms with Crippen LogP contribution in [0.1, 0.15) is 33.6 Å². The highest BCUT2D eigenvalue weighted by Gasteiger charge is 2.08. The molecule has 0 aliphatic heterocycles. The molecule has 2 rings (SSSR count). The molecule has 1 aromatic heterocycles. The van der Waals surface area contributed by atoms with E-state index in [0.717, 1.165) is 29.5 Å². The van der Waals surface area contributed by atoms with E-state index in [1.54, 1.807) is 0 Å². The molecule has 0 fully saturated rings. The van der Waals surface area contributed by atoms with Crippen LogP contribution in [0.3, 0.4) is 0 Å². The zero-order chi connectivity index (χ0) is 15.2. The molecule has 0 amide bonds. The van der Waals surface area contributed by atoms with Gasteiger partial charge in [0.1, 0.15) is 12.3 Å². The van der Waals surface area contributed by atoms with Gasteiger partial charge in [-0.15, -0.1) is 0 Å². The number of aromatic nitrogens is 1. The van der Waals surface area contributed by atoms with Crippen molar-refractivity contribution >= 4 is 16.9 Å². The number of benzene rings is 1. The van der Waals surface area contributed by atoms with E-state index in [2.05, 4.69) is 6.92 Å². The van der Waals surface area contributed by atoms with Gasteiger partial charge < -0.3 is 14.0 Å². The number of carbonyl (C=O) groups excluding carboxylic acids is 1. The molecule has 1 aromatic carbocycles. The lowest BCUT2D eigenvalue weighted by molar-refractivity contribution is -0.144. The lowest BCUT2D eigenvalue weighted by atomic mass is 10.2. The highest BCUT2D eigenvalue weighted by Crippen LogP contribution is 2.22. The van der Waals surface area contributed by atoms with Gasteiger partial charge in [-0.05, 0) is 44.5 Å². The number of rotatable bonds is 7. The van der Waals surface area contributed by atoms with Gasteiger partial charge in [-0.3, -0.25) is 4.79 Å². The predicted molar refractivity (Wildman–Crippen MR) is 83.6 cm³/mol. The van der Waals surface area contributed by atoms with Crippen LogP contribution >= 0.6 is 0 Å². The molecule has 0 bridgehead atoms. The number of hydrogen-bond donors (Lipinski definition) is 0. The quantitative estimate of drug-likeness (QED) is 0.575. The van der Waals surface area contributed by atoms with Crippen LogP contribution in [-0.4, -0.2) is 23.2 Å². The zero-order valence-electron chi connectivity index (χ0n) is 13.0. The van der Waals surface area contributed by atoms with E-state index < -0.39 is 0 Å². The third-order valence-electron chi connectivity index (χ3n) is 3.17. The summed E-state index contributed by atoms with van der Waals surface area (Å²) in [5.74, 6) is 0.657. The molecule has 0 saturated carbocycles. The third-order valence-corrected chi connectivity index (χ3v) is 3.17. The topological polar surface area (TPSA) is 40.5 Å². The molecule has 0 N–H and O–H groups in total. The molecule has 0 aliphatic carbocycles. The molecule has 21 heavy (non-hydrogen) atoms.